The van der Waals surface area contributed by atoms with E-state index in [0.29, 0.717) is 39.3 Å². The largest absolute Gasteiger partial charge is 0.488 e. The molecule has 158 valence electrons. The van der Waals surface area contributed by atoms with E-state index in [-0.39, 0.29) is 18.8 Å². The van der Waals surface area contributed by atoms with Crippen LogP contribution in [0.2, 0.25) is 5.02 Å². The molecule has 1 aromatic heterocycles. The highest BCUT2D eigenvalue weighted by molar-refractivity contribution is 6.30. The topological polar surface area (TPSA) is 71.7 Å². The van der Waals surface area contributed by atoms with Crippen LogP contribution in [-0.4, -0.2) is 20.7 Å². The van der Waals surface area contributed by atoms with Gasteiger partial charge in [-0.15, -0.1) is 0 Å². The molecule has 1 heterocycles. The molecule has 4 rings (SSSR count). The van der Waals surface area contributed by atoms with Crippen LogP contribution in [0, 0.1) is 5.82 Å². The molecule has 0 aliphatic heterocycles. The highest BCUT2D eigenvalue weighted by Crippen LogP contribution is 2.29. The van der Waals surface area contributed by atoms with Gasteiger partial charge < -0.3 is 19.5 Å². The summed E-state index contributed by atoms with van der Waals surface area (Å²) in [6.45, 7) is 0.151. The summed E-state index contributed by atoms with van der Waals surface area (Å²) in [5.74, 6) is -0.902. The van der Waals surface area contributed by atoms with Crippen molar-refractivity contribution in [3.63, 3.8) is 0 Å². The van der Waals surface area contributed by atoms with Crippen LogP contribution in [0.25, 0.3) is 10.9 Å². The van der Waals surface area contributed by atoms with Gasteiger partial charge in [-0.25, -0.2) is 9.18 Å². The smallest absolute Gasteiger partial charge is 0.336 e. The van der Waals surface area contributed by atoms with Crippen molar-refractivity contribution >= 4 is 28.5 Å². The number of benzene rings is 3. The fourth-order valence-corrected chi connectivity index (χ4v) is 3.78. The van der Waals surface area contributed by atoms with Gasteiger partial charge in [0.25, 0.3) is 0 Å². The molecule has 5 nitrogen and oxygen atoms in total. The van der Waals surface area contributed by atoms with Crippen LogP contribution in [0.3, 0.4) is 0 Å². The Labute approximate surface area is 182 Å². The maximum Gasteiger partial charge on any atom is 0.336 e. The molecular weight excluding hydrogens is 421 g/mol. The van der Waals surface area contributed by atoms with Crippen molar-refractivity contribution in [2.45, 2.75) is 19.8 Å². The van der Waals surface area contributed by atoms with E-state index in [9.17, 15) is 19.4 Å². The van der Waals surface area contributed by atoms with Crippen LogP contribution in [0.4, 0.5) is 4.39 Å². The van der Waals surface area contributed by atoms with Crippen LogP contribution in [0.5, 0.6) is 5.75 Å². The van der Waals surface area contributed by atoms with Crippen LogP contribution >= 0.6 is 11.6 Å². The average Bonchev–Trinajstić information content (AvgIpc) is 3.11. The van der Waals surface area contributed by atoms with Crippen molar-refractivity contribution in [3.8, 4) is 5.75 Å². The summed E-state index contributed by atoms with van der Waals surface area (Å²) in [6, 6.07) is 16.8. The third-order valence-corrected chi connectivity index (χ3v) is 5.33. The van der Waals surface area contributed by atoms with E-state index >= 15 is 0 Å². The minimum atomic E-state index is -1.05. The lowest BCUT2D eigenvalue weighted by molar-refractivity contribution is 0.0699. The number of aliphatic hydroxyl groups excluding tert-OH is 1. The third-order valence-electron chi connectivity index (χ3n) is 5.10. The predicted octanol–water partition coefficient (Wildman–Crippen LogP) is 5.25. The fraction of sp³-hybridized carbons (Fsp3) is 0.125. The normalized spacial score (nSPS) is 11.1. The standard InChI is InChI=1S/C24H19ClFNO4/c25-18-9-8-16(20(26)10-18)14-31-22-7-2-1-4-15(22)11-27-12-17(13-28)23-19(24(29)30)5-3-6-21(23)27/h1-10,12,28H,11,13-14H2,(H,29,30). The first-order valence-corrected chi connectivity index (χ1v) is 9.95. The number of carbonyl (C=O) groups is 1. The van der Waals surface area contributed by atoms with Gasteiger partial charge in [-0.3, -0.25) is 0 Å². The predicted molar refractivity (Wildman–Crippen MR) is 116 cm³/mol. The van der Waals surface area contributed by atoms with Crippen molar-refractivity contribution in [1.82, 2.24) is 4.57 Å². The van der Waals surface area contributed by atoms with Gasteiger partial charge in [-0.1, -0.05) is 41.9 Å². The number of hydrogen-bond donors (Lipinski definition) is 2. The molecule has 0 aliphatic rings. The number of aliphatic hydroxyl groups is 1. The number of halogens is 2. The second-order valence-corrected chi connectivity index (χ2v) is 7.51. The molecule has 0 aliphatic carbocycles. The van der Waals surface area contributed by atoms with E-state index in [0.717, 1.165) is 5.56 Å². The van der Waals surface area contributed by atoms with E-state index in [1.165, 1.54) is 12.1 Å². The Morgan fingerprint density at radius 1 is 1.03 bits per heavy atom. The van der Waals surface area contributed by atoms with E-state index in [1.54, 1.807) is 30.5 Å². The minimum absolute atomic E-state index is 0.0392. The molecule has 0 saturated carbocycles. The molecule has 0 radical (unpaired) electrons. The molecular formula is C24H19ClFNO4. The number of carboxylic acids is 1. The zero-order valence-electron chi connectivity index (χ0n) is 16.4. The molecule has 3 aromatic carbocycles. The summed E-state index contributed by atoms with van der Waals surface area (Å²) < 4.78 is 21.8. The number of fused-ring (bicyclic) bond motifs is 1. The number of aromatic nitrogens is 1. The Balaban J connectivity index is 1.66. The van der Waals surface area contributed by atoms with E-state index in [2.05, 4.69) is 0 Å². The molecule has 0 amide bonds. The van der Waals surface area contributed by atoms with Gasteiger partial charge in [0.15, 0.2) is 0 Å². The van der Waals surface area contributed by atoms with Gasteiger partial charge in [0.05, 0.1) is 18.7 Å². The number of rotatable bonds is 7. The summed E-state index contributed by atoms with van der Waals surface area (Å²) in [6.07, 6.45) is 1.74. The summed E-state index contributed by atoms with van der Waals surface area (Å²) in [5, 5.41) is 20.1. The van der Waals surface area contributed by atoms with Crippen molar-refractivity contribution < 1.29 is 24.1 Å². The number of nitrogens with zero attached hydrogens (tertiary/aromatic N) is 1. The van der Waals surface area contributed by atoms with Crippen LogP contribution in [0.15, 0.2) is 66.9 Å². The molecule has 0 fully saturated rings. The van der Waals surface area contributed by atoms with E-state index in [4.69, 9.17) is 16.3 Å². The summed E-state index contributed by atoms with van der Waals surface area (Å²) in [5.41, 5.74) is 2.60. The molecule has 0 unspecified atom stereocenters. The average molecular weight is 440 g/mol. The summed E-state index contributed by atoms with van der Waals surface area (Å²) >= 11 is 5.80. The molecule has 0 atom stereocenters. The van der Waals surface area contributed by atoms with Crippen LogP contribution in [0.1, 0.15) is 27.0 Å². The highest BCUT2D eigenvalue weighted by atomic mass is 35.5. The second kappa shape index (κ2) is 8.79. The first-order chi connectivity index (χ1) is 15.0. The van der Waals surface area contributed by atoms with Gasteiger partial charge in [-0.2, -0.15) is 0 Å². The molecule has 0 bridgehead atoms. The molecule has 7 heteroatoms. The molecule has 31 heavy (non-hydrogen) atoms. The molecule has 4 aromatic rings. The maximum atomic E-state index is 14.1. The number of hydrogen-bond acceptors (Lipinski definition) is 3. The van der Waals surface area contributed by atoms with Crippen molar-refractivity contribution in [2.75, 3.05) is 0 Å². The van der Waals surface area contributed by atoms with Gasteiger partial charge in [0.1, 0.15) is 18.2 Å². The second-order valence-electron chi connectivity index (χ2n) is 7.08. The minimum Gasteiger partial charge on any atom is -0.488 e. The zero-order chi connectivity index (χ0) is 22.0. The summed E-state index contributed by atoms with van der Waals surface area (Å²) in [4.78, 5) is 11.6. The van der Waals surface area contributed by atoms with Crippen molar-refractivity contribution in [1.29, 1.82) is 0 Å². The van der Waals surface area contributed by atoms with Gasteiger partial charge in [-0.05, 0) is 30.3 Å². The number of aromatic carboxylic acids is 1. The van der Waals surface area contributed by atoms with E-state index in [1.807, 2.05) is 28.8 Å². The Bertz CT molecular complexity index is 1270. The summed E-state index contributed by atoms with van der Waals surface area (Å²) in [7, 11) is 0. The molecule has 2 N–H and O–H groups in total. The first-order valence-electron chi connectivity index (χ1n) is 9.57. The van der Waals surface area contributed by atoms with Crippen LogP contribution < -0.4 is 4.74 Å². The number of ether oxygens (including phenoxy) is 1. The van der Waals surface area contributed by atoms with Crippen molar-refractivity contribution in [2.24, 2.45) is 0 Å². The Hall–Kier alpha value is -3.35. The van der Waals surface area contributed by atoms with E-state index < -0.39 is 11.8 Å². The molecule has 0 saturated heterocycles. The quantitative estimate of drug-likeness (QED) is 0.412. The monoisotopic (exact) mass is 439 g/mol. The van der Waals surface area contributed by atoms with Crippen LogP contribution in [-0.2, 0) is 19.8 Å². The number of para-hydroxylation sites is 1. The Kier molecular flexibility index (Phi) is 5.93. The SMILES string of the molecule is O=C(O)c1cccc2c1c(CO)cn2Cc1ccccc1OCc1ccc(Cl)cc1F. The zero-order valence-corrected chi connectivity index (χ0v) is 17.1. The third kappa shape index (κ3) is 4.26. The van der Waals surface area contributed by atoms with Gasteiger partial charge >= 0.3 is 5.97 Å². The lowest BCUT2D eigenvalue weighted by Crippen LogP contribution is -2.04. The Morgan fingerprint density at radius 3 is 2.58 bits per heavy atom. The van der Waals surface area contributed by atoms with Gasteiger partial charge in [0.2, 0.25) is 0 Å². The number of carboxylic acid groups (broad SMARTS) is 1. The fourth-order valence-electron chi connectivity index (χ4n) is 3.62. The van der Waals surface area contributed by atoms with Crippen molar-refractivity contribution in [3.05, 3.63) is 100.0 Å². The van der Waals surface area contributed by atoms with Gasteiger partial charge in [0, 0.05) is 38.8 Å². The lowest BCUT2D eigenvalue weighted by Gasteiger charge is -2.13. The Morgan fingerprint density at radius 2 is 1.84 bits per heavy atom. The molecule has 0 spiro atoms. The maximum absolute atomic E-state index is 14.1. The first kappa shape index (κ1) is 20.9. The lowest BCUT2D eigenvalue weighted by atomic mass is 10.1. The highest BCUT2D eigenvalue weighted by Gasteiger charge is 2.17.